The minimum atomic E-state index is -0.438. The van der Waals surface area contributed by atoms with E-state index < -0.39 is 5.60 Å². The van der Waals surface area contributed by atoms with Gasteiger partial charge in [-0.2, -0.15) is 0 Å². The zero-order chi connectivity index (χ0) is 12.5. The van der Waals surface area contributed by atoms with Gasteiger partial charge >= 0.3 is 6.09 Å². The van der Waals surface area contributed by atoms with E-state index in [0.29, 0.717) is 13.2 Å². The SMILES string of the molecule is CC(C)(C)OC(=O)N1CCO[C@@H]2CCNCC21. The lowest BCUT2D eigenvalue weighted by Crippen LogP contribution is -2.61. The Morgan fingerprint density at radius 2 is 2.24 bits per heavy atom. The molecule has 2 atom stereocenters. The van der Waals surface area contributed by atoms with E-state index in [1.807, 2.05) is 25.7 Å². The molecule has 2 fully saturated rings. The fraction of sp³-hybridized carbons (Fsp3) is 0.917. The first-order chi connectivity index (χ1) is 7.97. The first-order valence-corrected chi connectivity index (χ1v) is 6.29. The van der Waals surface area contributed by atoms with Crippen LogP contribution in [-0.2, 0) is 9.47 Å². The van der Waals surface area contributed by atoms with Gasteiger partial charge in [-0.05, 0) is 33.7 Å². The molecule has 1 amide bonds. The maximum atomic E-state index is 12.1. The summed E-state index contributed by atoms with van der Waals surface area (Å²) >= 11 is 0. The van der Waals surface area contributed by atoms with Crippen LogP contribution >= 0.6 is 0 Å². The monoisotopic (exact) mass is 242 g/mol. The fourth-order valence-electron chi connectivity index (χ4n) is 2.34. The summed E-state index contributed by atoms with van der Waals surface area (Å²) < 4.78 is 11.1. The van der Waals surface area contributed by atoms with Crippen molar-refractivity contribution in [3.05, 3.63) is 0 Å². The van der Waals surface area contributed by atoms with Crippen LogP contribution in [0.5, 0.6) is 0 Å². The minimum absolute atomic E-state index is 0.118. The first kappa shape index (κ1) is 12.6. The molecule has 0 aromatic heterocycles. The number of hydrogen-bond donors (Lipinski definition) is 1. The Kier molecular flexibility index (Phi) is 3.58. The second-order valence-corrected chi connectivity index (χ2v) is 5.64. The third kappa shape index (κ3) is 3.10. The highest BCUT2D eigenvalue weighted by atomic mass is 16.6. The highest BCUT2D eigenvalue weighted by Crippen LogP contribution is 2.21. The summed E-state index contributed by atoms with van der Waals surface area (Å²) in [6, 6.07) is 0.118. The Hall–Kier alpha value is -0.810. The van der Waals surface area contributed by atoms with Crippen LogP contribution < -0.4 is 5.32 Å². The van der Waals surface area contributed by atoms with Gasteiger partial charge in [0, 0.05) is 13.1 Å². The summed E-state index contributed by atoms with van der Waals surface area (Å²) in [6.45, 7) is 8.66. The Labute approximate surface area is 102 Å². The molecule has 0 bridgehead atoms. The Morgan fingerprint density at radius 1 is 1.47 bits per heavy atom. The Bertz CT molecular complexity index is 286. The predicted molar refractivity (Wildman–Crippen MR) is 64.0 cm³/mol. The Balaban J connectivity index is 2.01. The van der Waals surface area contributed by atoms with E-state index in [4.69, 9.17) is 9.47 Å². The average molecular weight is 242 g/mol. The molecule has 1 N–H and O–H groups in total. The van der Waals surface area contributed by atoms with E-state index in [9.17, 15) is 4.79 Å². The minimum Gasteiger partial charge on any atom is -0.444 e. The van der Waals surface area contributed by atoms with Crippen molar-refractivity contribution in [2.24, 2.45) is 0 Å². The van der Waals surface area contributed by atoms with Crippen molar-refractivity contribution in [3.8, 4) is 0 Å². The van der Waals surface area contributed by atoms with E-state index in [1.165, 1.54) is 0 Å². The summed E-state index contributed by atoms with van der Waals surface area (Å²) in [6.07, 6.45) is 0.904. The highest BCUT2D eigenvalue weighted by Gasteiger charge is 2.38. The second kappa shape index (κ2) is 4.82. The molecule has 2 saturated heterocycles. The van der Waals surface area contributed by atoms with Gasteiger partial charge in [0.1, 0.15) is 5.60 Å². The number of fused-ring (bicyclic) bond motifs is 1. The van der Waals surface area contributed by atoms with E-state index in [0.717, 1.165) is 19.5 Å². The molecule has 2 heterocycles. The molecule has 1 unspecified atom stereocenters. The van der Waals surface area contributed by atoms with Gasteiger partial charge in [0.05, 0.1) is 18.8 Å². The predicted octanol–water partition coefficient (Wildman–Crippen LogP) is 0.984. The molecular formula is C12H22N2O3. The highest BCUT2D eigenvalue weighted by molar-refractivity contribution is 5.68. The van der Waals surface area contributed by atoms with Crippen molar-refractivity contribution in [2.45, 2.75) is 44.9 Å². The number of amides is 1. The number of carbonyl (C=O) groups is 1. The zero-order valence-corrected chi connectivity index (χ0v) is 10.9. The van der Waals surface area contributed by atoms with Crippen LogP contribution in [0, 0.1) is 0 Å². The van der Waals surface area contributed by atoms with Crippen LogP contribution in [0.4, 0.5) is 4.79 Å². The molecule has 5 nitrogen and oxygen atoms in total. The lowest BCUT2D eigenvalue weighted by molar-refractivity contribution is -0.0849. The molecule has 0 spiro atoms. The number of ether oxygens (including phenoxy) is 2. The quantitative estimate of drug-likeness (QED) is 0.688. The number of nitrogens with zero attached hydrogens (tertiary/aromatic N) is 1. The topological polar surface area (TPSA) is 50.8 Å². The van der Waals surface area contributed by atoms with Crippen molar-refractivity contribution in [1.82, 2.24) is 10.2 Å². The van der Waals surface area contributed by atoms with Gasteiger partial charge in [-0.25, -0.2) is 4.79 Å². The summed E-state index contributed by atoms with van der Waals surface area (Å²) in [5, 5.41) is 3.30. The molecule has 0 radical (unpaired) electrons. The van der Waals surface area contributed by atoms with Crippen molar-refractivity contribution in [3.63, 3.8) is 0 Å². The second-order valence-electron chi connectivity index (χ2n) is 5.64. The van der Waals surface area contributed by atoms with E-state index in [-0.39, 0.29) is 18.2 Å². The molecule has 0 saturated carbocycles. The largest absolute Gasteiger partial charge is 0.444 e. The van der Waals surface area contributed by atoms with Gasteiger partial charge in [0.15, 0.2) is 0 Å². The summed E-state index contributed by atoms with van der Waals surface area (Å²) in [7, 11) is 0. The summed E-state index contributed by atoms with van der Waals surface area (Å²) in [5.41, 5.74) is -0.438. The number of carbonyl (C=O) groups excluding carboxylic acids is 1. The Morgan fingerprint density at radius 3 is 2.94 bits per heavy atom. The molecule has 0 aromatic carbocycles. The lowest BCUT2D eigenvalue weighted by atomic mass is 10.0. The van der Waals surface area contributed by atoms with E-state index in [2.05, 4.69) is 5.32 Å². The summed E-state index contributed by atoms with van der Waals surface area (Å²) in [4.78, 5) is 13.9. The number of hydrogen-bond acceptors (Lipinski definition) is 4. The third-order valence-electron chi connectivity index (χ3n) is 3.08. The van der Waals surface area contributed by atoms with Crippen molar-refractivity contribution in [1.29, 1.82) is 0 Å². The molecule has 5 heteroatoms. The molecule has 2 rings (SSSR count). The van der Waals surface area contributed by atoms with Crippen molar-refractivity contribution < 1.29 is 14.3 Å². The molecule has 0 aromatic rings. The van der Waals surface area contributed by atoms with Crippen LogP contribution in [-0.4, -0.2) is 55.0 Å². The van der Waals surface area contributed by atoms with Gasteiger partial charge in [-0.3, -0.25) is 4.90 Å². The zero-order valence-electron chi connectivity index (χ0n) is 10.9. The van der Waals surface area contributed by atoms with Gasteiger partial charge in [0.2, 0.25) is 0 Å². The van der Waals surface area contributed by atoms with Gasteiger partial charge in [0.25, 0.3) is 0 Å². The normalized spacial score (nSPS) is 29.7. The van der Waals surface area contributed by atoms with Crippen LogP contribution in [0.25, 0.3) is 0 Å². The van der Waals surface area contributed by atoms with E-state index in [1.54, 1.807) is 0 Å². The molecule has 98 valence electrons. The molecule has 2 aliphatic rings. The fourth-order valence-corrected chi connectivity index (χ4v) is 2.34. The van der Waals surface area contributed by atoms with Gasteiger partial charge < -0.3 is 14.8 Å². The van der Waals surface area contributed by atoms with Crippen LogP contribution in [0.3, 0.4) is 0 Å². The van der Waals surface area contributed by atoms with Gasteiger partial charge in [-0.15, -0.1) is 0 Å². The average Bonchev–Trinajstić information content (AvgIpc) is 2.26. The number of nitrogens with one attached hydrogen (secondary N) is 1. The first-order valence-electron chi connectivity index (χ1n) is 6.29. The van der Waals surface area contributed by atoms with Crippen LogP contribution in [0.2, 0.25) is 0 Å². The third-order valence-corrected chi connectivity index (χ3v) is 3.08. The van der Waals surface area contributed by atoms with Crippen molar-refractivity contribution in [2.75, 3.05) is 26.2 Å². The number of piperidine rings is 1. The standard InChI is InChI=1S/C12H22N2O3/c1-12(2,3)17-11(15)14-6-7-16-10-4-5-13-8-9(10)14/h9-10,13H,4-8H2,1-3H3/t9?,10-/m1/s1. The van der Waals surface area contributed by atoms with Crippen molar-refractivity contribution >= 4 is 6.09 Å². The molecule has 17 heavy (non-hydrogen) atoms. The maximum absolute atomic E-state index is 12.1. The molecular weight excluding hydrogens is 220 g/mol. The number of morpholine rings is 1. The number of rotatable bonds is 0. The smallest absolute Gasteiger partial charge is 0.410 e. The lowest BCUT2D eigenvalue weighted by Gasteiger charge is -2.43. The molecule has 0 aliphatic carbocycles. The maximum Gasteiger partial charge on any atom is 0.410 e. The van der Waals surface area contributed by atoms with Gasteiger partial charge in [-0.1, -0.05) is 0 Å². The summed E-state index contributed by atoms with van der Waals surface area (Å²) in [5.74, 6) is 0. The van der Waals surface area contributed by atoms with Crippen LogP contribution in [0.15, 0.2) is 0 Å². The van der Waals surface area contributed by atoms with Crippen LogP contribution in [0.1, 0.15) is 27.2 Å². The molecule has 2 aliphatic heterocycles. The van der Waals surface area contributed by atoms with E-state index >= 15 is 0 Å².